The van der Waals surface area contributed by atoms with Crippen LogP contribution in [0.2, 0.25) is 0 Å². The number of aryl methyl sites for hydroxylation is 1. The van der Waals surface area contributed by atoms with Crippen molar-refractivity contribution in [3.05, 3.63) is 65.5 Å². The largest absolute Gasteiger partial charge is 0.338 e. The monoisotopic (exact) mass is 405 g/mol. The Kier molecular flexibility index (Phi) is 5.69. The Morgan fingerprint density at radius 2 is 2.03 bits per heavy atom. The smallest absolute Gasteiger partial charge is 0.319 e. The third-order valence-electron chi connectivity index (χ3n) is 5.05. The van der Waals surface area contributed by atoms with Gasteiger partial charge in [0.15, 0.2) is 0 Å². The van der Waals surface area contributed by atoms with E-state index >= 15 is 0 Å². The third-order valence-corrected chi connectivity index (χ3v) is 5.05. The molecule has 9 nitrogen and oxygen atoms in total. The van der Waals surface area contributed by atoms with Crippen LogP contribution >= 0.6 is 0 Å². The highest BCUT2D eigenvalue weighted by Crippen LogP contribution is 2.18. The van der Waals surface area contributed by atoms with Gasteiger partial charge in [0.1, 0.15) is 6.33 Å². The van der Waals surface area contributed by atoms with Gasteiger partial charge in [-0.2, -0.15) is 0 Å². The van der Waals surface area contributed by atoms with Crippen molar-refractivity contribution in [2.24, 2.45) is 0 Å². The van der Waals surface area contributed by atoms with E-state index in [1.807, 2.05) is 54.3 Å². The molecule has 0 aliphatic carbocycles. The molecule has 1 aromatic heterocycles. The molecule has 30 heavy (non-hydrogen) atoms. The molecule has 1 fully saturated rings. The number of aromatic nitrogens is 4. The van der Waals surface area contributed by atoms with Crippen molar-refractivity contribution in [3.63, 3.8) is 0 Å². The van der Waals surface area contributed by atoms with Gasteiger partial charge < -0.3 is 15.5 Å². The molecule has 0 saturated carbocycles. The average Bonchev–Trinajstić information content (AvgIpc) is 3.41. The van der Waals surface area contributed by atoms with E-state index < -0.39 is 0 Å². The number of nitrogens with one attached hydrogen (secondary N) is 2. The molecule has 0 unspecified atom stereocenters. The van der Waals surface area contributed by atoms with Crippen LogP contribution in [-0.2, 0) is 17.9 Å². The summed E-state index contributed by atoms with van der Waals surface area (Å²) in [5.41, 5.74) is 4.47. The second-order valence-electron chi connectivity index (χ2n) is 7.30. The Labute approximate surface area is 174 Å². The lowest BCUT2D eigenvalue weighted by Crippen LogP contribution is -2.28. The minimum Gasteiger partial charge on any atom is -0.338 e. The van der Waals surface area contributed by atoms with E-state index in [2.05, 4.69) is 26.2 Å². The van der Waals surface area contributed by atoms with Gasteiger partial charge in [0, 0.05) is 31.7 Å². The maximum atomic E-state index is 12.4. The predicted octanol–water partition coefficient (Wildman–Crippen LogP) is 2.41. The molecule has 0 spiro atoms. The molecule has 9 heteroatoms. The summed E-state index contributed by atoms with van der Waals surface area (Å²) < 4.78 is 1.55. The van der Waals surface area contributed by atoms with E-state index in [0.29, 0.717) is 25.2 Å². The van der Waals surface area contributed by atoms with Gasteiger partial charge in [-0.25, -0.2) is 9.48 Å². The molecular weight excluding hydrogens is 382 g/mol. The van der Waals surface area contributed by atoms with Crippen molar-refractivity contribution in [2.45, 2.75) is 32.9 Å². The molecule has 154 valence electrons. The van der Waals surface area contributed by atoms with Gasteiger partial charge in [0.05, 0.1) is 5.69 Å². The molecule has 1 aliphatic heterocycles. The Hall–Kier alpha value is -3.75. The number of carbonyl (C=O) groups is 2. The lowest BCUT2D eigenvalue weighted by molar-refractivity contribution is -0.128. The van der Waals surface area contributed by atoms with Gasteiger partial charge >= 0.3 is 6.03 Å². The molecule has 2 aromatic carbocycles. The summed E-state index contributed by atoms with van der Waals surface area (Å²) in [5.74, 6) is 0.206. The number of carbonyl (C=O) groups excluding carboxylic acids is 2. The second-order valence-corrected chi connectivity index (χ2v) is 7.30. The first-order chi connectivity index (χ1) is 14.6. The first-order valence-corrected chi connectivity index (χ1v) is 9.83. The molecule has 1 saturated heterocycles. The molecule has 4 rings (SSSR count). The number of anilines is 1. The first kappa shape index (κ1) is 19.6. The van der Waals surface area contributed by atoms with Crippen LogP contribution in [0, 0.1) is 6.92 Å². The van der Waals surface area contributed by atoms with E-state index in [-0.39, 0.29) is 11.9 Å². The highest BCUT2D eigenvalue weighted by atomic mass is 16.2. The average molecular weight is 405 g/mol. The predicted molar refractivity (Wildman–Crippen MR) is 111 cm³/mol. The van der Waals surface area contributed by atoms with Crippen LogP contribution < -0.4 is 10.6 Å². The summed E-state index contributed by atoms with van der Waals surface area (Å²) in [7, 11) is 0. The molecular formula is C21H23N7O2. The molecule has 3 aromatic rings. The quantitative estimate of drug-likeness (QED) is 0.655. The Bertz CT molecular complexity index is 1050. The number of rotatable bonds is 6. The lowest BCUT2D eigenvalue weighted by atomic mass is 10.1. The molecule has 3 amide bonds. The first-order valence-electron chi connectivity index (χ1n) is 9.83. The van der Waals surface area contributed by atoms with Crippen LogP contribution in [0.1, 0.15) is 29.5 Å². The van der Waals surface area contributed by atoms with Crippen LogP contribution in [0.3, 0.4) is 0 Å². The van der Waals surface area contributed by atoms with Crippen molar-refractivity contribution >= 4 is 17.6 Å². The lowest BCUT2D eigenvalue weighted by Gasteiger charge is -2.16. The van der Waals surface area contributed by atoms with Crippen molar-refractivity contribution in [1.82, 2.24) is 30.4 Å². The van der Waals surface area contributed by atoms with Gasteiger partial charge in [0.2, 0.25) is 5.91 Å². The van der Waals surface area contributed by atoms with E-state index in [1.165, 1.54) is 6.33 Å². The minimum atomic E-state index is -0.304. The summed E-state index contributed by atoms with van der Waals surface area (Å²) >= 11 is 0. The molecule has 2 heterocycles. The van der Waals surface area contributed by atoms with Crippen LogP contribution in [0.15, 0.2) is 48.8 Å². The van der Waals surface area contributed by atoms with Crippen molar-refractivity contribution < 1.29 is 9.59 Å². The summed E-state index contributed by atoms with van der Waals surface area (Å²) in [4.78, 5) is 26.0. The standard InChI is InChI=1S/C21H23N7O2/c1-15-7-8-18(11-19(15)28-14-23-25-26-28)24-21(30)22-12-16-4-2-5-17(10-16)13-27-9-3-6-20(27)29/h2,4-5,7-8,10-11,14H,3,6,9,12-13H2,1H3,(H2,22,24,30). The van der Waals surface area contributed by atoms with Gasteiger partial charge in [-0.05, 0) is 52.6 Å². The van der Waals surface area contributed by atoms with E-state index in [9.17, 15) is 9.59 Å². The molecule has 2 N–H and O–H groups in total. The fourth-order valence-corrected chi connectivity index (χ4v) is 3.49. The van der Waals surface area contributed by atoms with E-state index in [0.717, 1.165) is 35.3 Å². The SMILES string of the molecule is Cc1ccc(NC(=O)NCc2cccc(CN3CCCC3=O)c2)cc1-n1cnnn1. The highest BCUT2D eigenvalue weighted by Gasteiger charge is 2.19. The van der Waals surface area contributed by atoms with E-state index in [1.54, 1.807) is 4.68 Å². The summed E-state index contributed by atoms with van der Waals surface area (Å²) in [5, 5.41) is 16.9. The van der Waals surface area contributed by atoms with Crippen LogP contribution in [-0.4, -0.2) is 43.6 Å². The number of urea groups is 1. The van der Waals surface area contributed by atoms with Crippen LogP contribution in [0.5, 0.6) is 0 Å². The van der Waals surface area contributed by atoms with Gasteiger partial charge in [-0.3, -0.25) is 4.79 Å². The Balaban J connectivity index is 1.35. The number of tetrazole rings is 1. The Morgan fingerprint density at radius 3 is 2.80 bits per heavy atom. The summed E-state index contributed by atoms with van der Waals surface area (Å²) in [6.07, 6.45) is 3.07. The minimum absolute atomic E-state index is 0.206. The van der Waals surface area contributed by atoms with Gasteiger partial charge in [-0.15, -0.1) is 5.10 Å². The van der Waals surface area contributed by atoms with Crippen molar-refractivity contribution in [3.8, 4) is 5.69 Å². The summed E-state index contributed by atoms with van der Waals surface area (Å²) in [6, 6.07) is 13.2. The van der Waals surface area contributed by atoms with Crippen molar-refractivity contribution in [1.29, 1.82) is 0 Å². The zero-order valence-corrected chi connectivity index (χ0v) is 16.7. The normalized spacial score (nSPS) is 13.5. The number of amides is 3. The maximum Gasteiger partial charge on any atom is 0.319 e. The zero-order valence-electron chi connectivity index (χ0n) is 16.7. The van der Waals surface area contributed by atoms with Gasteiger partial charge in [0.25, 0.3) is 0 Å². The number of likely N-dealkylation sites (tertiary alicyclic amines) is 1. The van der Waals surface area contributed by atoms with E-state index in [4.69, 9.17) is 0 Å². The highest BCUT2D eigenvalue weighted by molar-refractivity contribution is 5.89. The van der Waals surface area contributed by atoms with Crippen LogP contribution in [0.4, 0.5) is 10.5 Å². The molecule has 0 bridgehead atoms. The second kappa shape index (κ2) is 8.73. The Morgan fingerprint density at radius 1 is 1.17 bits per heavy atom. The third kappa shape index (κ3) is 4.62. The summed E-state index contributed by atoms with van der Waals surface area (Å²) in [6.45, 7) is 3.76. The number of benzene rings is 2. The molecule has 1 aliphatic rings. The van der Waals surface area contributed by atoms with Crippen LogP contribution in [0.25, 0.3) is 5.69 Å². The molecule has 0 atom stereocenters. The number of hydrogen-bond donors (Lipinski definition) is 2. The van der Waals surface area contributed by atoms with Crippen molar-refractivity contribution in [2.75, 3.05) is 11.9 Å². The van der Waals surface area contributed by atoms with Gasteiger partial charge in [-0.1, -0.05) is 30.3 Å². The fourth-order valence-electron chi connectivity index (χ4n) is 3.49. The fraction of sp³-hybridized carbons (Fsp3) is 0.286. The zero-order chi connectivity index (χ0) is 20.9. The molecule has 0 radical (unpaired) electrons. The number of nitrogens with zero attached hydrogens (tertiary/aromatic N) is 5. The topological polar surface area (TPSA) is 105 Å². The maximum absolute atomic E-state index is 12.4. The number of hydrogen-bond acceptors (Lipinski definition) is 5.